The van der Waals surface area contributed by atoms with Crippen molar-refractivity contribution in [2.75, 3.05) is 42.3 Å². The molecule has 1 saturated carbocycles. The number of thioether (sulfide) groups is 1. The second-order valence-electron chi connectivity index (χ2n) is 6.94. The fourth-order valence-electron chi connectivity index (χ4n) is 3.07. The molecular weight excluding hydrogens is 407 g/mol. The summed E-state index contributed by atoms with van der Waals surface area (Å²) in [5, 5.41) is 10.0. The number of hydrogen-bond donors (Lipinski definition) is 2. The zero-order valence-corrected chi connectivity index (χ0v) is 16.3. The van der Waals surface area contributed by atoms with Crippen LogP contribution in [0.25, 0.3) is 0 Å². The fraction of sp³-hybridized carbons (Fsp3) is 0.500. The Morgan fingerprint density at radius 1 is 1.31 bits per heavy atom. The number of hydrogen-bond acceptors (Lipinski definition) is 6. The van der Waals surface area contributed by atoms with E-state index in [1.807, 2.05) is 4.90 Å². The normalized spacial score (nSPS) is 17.4. The van der Waals surface area contributed by atoms with Gasteiger partial charge in [-0.1, -0.05) is 11.8 Å². The second kappa shape index (κ2) is 8.23. The number of morpholine rings is 1. The number of aromatic nitrogens is 3. The Labute approximate surface area is 169 Å². The maximum absolute atomic E-state index is 13.2. The third kappa shape index (κ3) is 5.02. The van der Waals surface area contributed by atoms with E-state index in [1.165, 1.54) is 6.07 Å². The van der Waals surface area contributed by atoms with Gasteiger partial charge in [0.1, 0.15) is 5.82 Å². The van der Waals surface area contributed by atoms with Crippen LogP contribution in [0, 0.1) is 0 Å². The van der Waals surface area contributed by atoms with Crippen LogP contribution < -0.4 is 10.2 Å². The molecule has 1 aliphatic carbocycles. The molecule has 0 unspecified atom stereocenters. The smallest absolute Gasteiger partial charge is 0.378 e. The van der Waals surface area contributed by atoms with Gasteiger partial charge in [0.15, 0.2) is 0 Å². The van der Waals surface area contributed by atoms with Crippen LogP contribution in [0.4, 0.5) is 24.5 Å². The predicted molar refractivity (Wildman–Crippen MR) is 102 cm³/mol. The SMILES string of the molecule is O=C(CSc1n[nH]c(C2CC2)n1)Nc1cc(C(F)(F)F)ccc1N1CCOCC1. The minimum Gasteiger partial charge on any atom is -0.378 e. The van der Waals surface area contributed by atoms with Crippen LogP contribution in [0.1, 0.15) is 30.1 Å². The van der Waals surface area contributed by atoms with Crippen molar-refractivity contribution >= 4 is 29.0 Å². The van der Waals surface area contributed by atoms with Crippen molar-refractivity contribution in [2.24, 2.45) is 0 Å². The largest absolute Gasteiger partial charge is 0.416 e. The Bertz CT molecular complexity index is 879. The molecule has 2 fully saturated rings. The molecule has 2 N–H and O–H groups in total. The summed E-state index contributed by atoms with van der Waals surface area (Å²) < 4.78 is 44.8. The van der Waals surface area contributed by atoms with Crippen LogP contribution in [-0.4, -0.2) is 53.1 Å². The average molecular weight is 427 g/mol. The van der Waals surface area contributed by atoms with Gasteiger partial charge in [0.05, 0.1) is 35.9 Å². The van der Waals surface area contributed by atoms with Crippen LogP contribution in [0.3, 0.4) is 0 Å². The van der Waals surface area contributed by atoms with E-state index >= 15 is 0 Å². The first-order valence-electron chi connectivity index (χ1n) is 9.29. The number of nitrogens with zero attached hydrogens (tertiary/aromatic N) is 3. The van der Waals surface area contributed by atoms with Crippen LogP contribution >= 0.6 is 11.8 Å². The number of H-pyrrole nitrogens is 1. The maximum atomic E-state index is 13.2. The van der Waals surface area contributed by atoms with Crippen LogP contribution in [0.15, 0.2) is 23.4 Å². The van der Waals surface area contributed by atoms with Crippen LogP contribution in [-0.2, 0) is 15.7 Å². The number of carbonyl (C=O) groups excluding carboxylic acids is 1. The Morgan fingerprint density at radius 2 is 2.07 bits per heavy atom. The van der Waals surface area contributed by atoms with Gasteiger partial charge < -0.3 is 15.0 Å². The molecule has 4 rings (SSSR count). The fourth-order valence-corrected chi connectivity index (χ4v) is 3.68. The van der Waals surface area contributed by atoms with Crippen molar-refractivity contribution < 1.29 is 22.7 Å². The van der Waals surface area contributed by atoms with Gasteiger partial charge in [-0.05, 0) is 31.0 Å². The third-order valence-corrected chi connectivity index (χ3v) is 5.58. The zero-order chi connectivity index (χ0) is 20.4. The summed E-state index contributed by atoms with van der Waals surface area (Å²) in [5.74, 6) is 0.828. The van der Waals surface area contributed by atoms with Crippen molar-refractivity contribution in [1.29, 1.82) is 0 Å². The summed E-state index contributed by atoms with van der Waals surface area (Å²) >= 11 is 1.14. The molecule has 2 aliphatic rings. The number of anilines is 2. The first-order valence-corrected chi connectivity index (χ1v) is 10.3. The molecule has 0 atom stereocenters. The maximum Gasteiger partial charge on any atom is 0.416 e. The van der Waals surface area contributed by atoms with Gasteiger partial charge in [0, 0.05) is 19.0 Å². The number of amides is 1. The molecule has 2 heterocycles. The molecule has 1 aromatic heterocycles. The van der Waals surface area contributed by atoms with Crippen molar-refractivity contribution in [3.8, 4) is 0 Å². The Morgan fingerprint density at radius 3 is 2.76 bits per heavy atom. The van der Waals surface area contributed by atoms with E-state index in [4.69, 9.17) is 4.74 Å². The number of rotatable bonds is 6. The molecule has 1 amide bonds. The number of carbonyl (C=O) groups is 1. The first-order chi connectivity index (χ1) is 13.9. The molecule has 0 spiro atoms. The molecule has 0 radical (unpaired) electrons. The highest BCUT2D eigenvalue weighted by Crippen LogP contribution is 2.38. The van der Waals surface area contributed by atoms with E-state index < -0.39 is 17.6 Å². The lowest BCUT2D eigenvalue weighted by atomic mass is 10.1. The van der Waals surface area contributed by atoms with Crippen molar-refractivity contribution in [2.45, 2.75) is 30.1 Å². The lowest BCUT2D eigenvalue weighted by Gasteiger charge is -2.31. The highest BCUT2D eigenvalue weighted by Gasteiger charge is 2.32. The van der Waals surface area contributed by atoms with Gasteiger partial charge in [-0.15, -0.1) is 5.10 Å². The molecule has 1 aromatic carbocycles. The highest BCUT2D eigenvalue weighted by atomic mass is 32.2. The third-order valence-electron chi connectivity index (χ3n) is 4.73. The average Bonchev–Trinajstić information content (AvgIpc) is 3.44. The molecular formula is C18H20F3N5O2S. The molecule has 2 aromatic rings. The van der Waals surface area contributed by atoms with Gasteiger partial charge in [-0.25, -0.2) is 4.98 Å². The van der Waals surface area contributed by atoms with Crippen molar-refractivity contribution in [1.82, 2.24) is 15.2 Å². The Hall–Kier alpha value is -2.27. The molecule has 156 valence electrons. The molecule has 1 saturated heterocycles. The van der Waals surface area contributed by atoms with E-state index in [0.29, 0.717) is 43.1 Å². The topological polar surface area (TPSA) is 83.1 Å². The zero-order valence-electron chi connectivity index (χ0n) is 15.5. The summed E-state index contributed by atoms with van der Waals surface area (Å²) in [7, 11) is 0. The van der Waals surface area contributed by atoms with E-state index in [-0.39, 0.29) is 11.4 Å². The van der Waals surface area contributed by atoms with Gasteiger partial charge in [-0.3, -0.25) is 9.89 Å². The number of aromatic amines is 1. The number of alkyl halides is 3. The molecule has 0 bridgehead atoms. The molecule has 29 heavy (non-hydrogen) atoms. The van der Waals surface area contributed by atoms with Gasteiger partial charge in [-0.2, -0.15) is 13.2 Å². The predicted octanol–water partition coefficient (Wildman–Crippen LogP) is 3.27. The lowest BCUT2D eigenvalue weighted by Crippen LogP contribution is -2.37. The minimum absolute atomic E-state index is 0.000751. The van der Waals surface area contributed by atoms with Gasteiger partial charge in [0.25, 0.3) is 0 Å². The van der Waals surface area contributed by atoms with E-state index in [0.717, 1.165) is 42.6 Å². The first kappa shape index (κ1) is 20.0. The second-order valence-corrected chi connectivity index (χ2v) is 7.89. The van der Waals surface area contributed by atoms with E-state index in [9.17, 15) is 18.0 Å². The highest BCUT2D eigenvalue weighted by molar-refractivity contribution is 7.99. The number of ether oxygens (including phenoxy) is 1. The van der Waals surface area contributed by atoms with Gasteiger partial charge in [0.2, 0.25) is 11.1 Å². The Balaban J connectivity index is 1.46. The number of nitrogens with one attached hydrogen (secondary N) is 2. The summed E-state index contributed by atoms with van der Waals surface area (Å²) in [6.45, 7) is 2.06. The molecule has 1 aliphatic heterocycles. The summed E-state index contributed by atoms with van der Waals surface area (Å²) in [5.41, 5.74) is -0.116. The molecule has 7 nitrogen and oxygen atoms in total. The Kier molecular flexibility index (Phi) is 5.68. The van der Waals surface area contributed by atoms with Crippen molar-refractivity contribution in [3.63, 3.8) is 0 Å². The quantitative estimate of drug-likeness (QED) is 0.689. The summed E-state index contributed by atoms with van der Waals surface area (Å²) in [4.78, 5) is 18.7. The number of halogens is 3. The lowest BCUT2D eigenvalue weighted by molar-refractivity contribution is -0.137. The molecule has 11 heteroatoms. The number of benzene rings is 1. The van der Waals surface area contributed by atoms with Gasteiger partial charge >= 0.3 is 6.18 Å². The van der Waals surface area contributed by atoms with Crippen LogP contribution in [0.2, 0.25) is 0 Å². The van der Waals surface area contributed by atoms with Crippen molar-refractivity contribution in [3.05, 3.63) is 29.6 Å². The summed E-state index contributed by atoms with van der Waals surface area (Å²) in [6, 6.07) is 3.40. The van der Waals surface area contributed by atoms with Crippen LogP contribution in [0.5, 0.6) is 0 Å². The minimum atomic E-state index is -4.49. The summed E-state index contributed by atoms with van der Waals surface area (Å²) in [6.07, 6.45) is -2.32. The van der Waals surface area contributed by atoms with E-state index in [1.54, 1.807) is 0 Å². The van der Waals surface area contributed by atoms with E-state index in [2.05, 4.69) is 20.5 Å². The monoisotopic (exact) mass is 427 g/mol. The standard InChI is InChI=1S/C18H20F3N5O2S/c19-18(20,21)12-3-4-14(26-5-7-28-8-6-26)13(9-12)22-15(27)10-29-17-23-16(24-25-17)11-1-2-11/h3-4,9,11H,1-2,5-8,10H2,(H,22,27)(H,23,24,25).